The molecule has 1 aliphatic carbocycles. The van der Waals surface area contributed by atoms with E-state index < -0.39 is 0 Å². The second-order valence-corrected chi connectivity index (χ2v) is 5.20. The molecule has 6 nitrogen and oxygen atoms in total. The van der Waals surface area contributed by atoms with Gasteiger partial charge in [-0.3, -0.25) is 4.79 Å². The number of nitrogens with zero attached hydrogens (tertiary/aromatic N) is 3. The van der Waals surface area contributed by atoms with Crippen molar-refractivity contribution in [2.75, 3.05) is 31.2 Å². The van der Waals surface area contributed by atoms with Gasteiger partial charge in [0.25, 0.3) is 5.95 Å². The van der Waals surface area contributed by atoms with Crippen LogP contribution < -0.4 is 4.90 Å². The Kier molecular flexibility index (Phi) is 3.77. The summed E-state index contributed by atoms with van der Waals surface area (Å²) in [4.78, 5) is 18.2. The van der Waals surface area contributed by atoms with Crippen LogP contribution in [0.1, 0.15) is 31.6 Å². The Labute approximate surface area is 112 Å². The number of carbonyl (C=O) groups excluding carboxylic acids is 1. The maximum absolute atomic E-state index is 11.8. The summed E-state index contributed by atoms with van der Waals surface area (Å²) in [5.74, 6) is 1.63. The van der Waals surface area contributed by atoms with E-state index in [1.165, 1.54) is 0 Å². The third-order valence-electron chi connectivity index (χ3n) is 3.85. The number of ketones is 1. The average molecular weight is 265 g/mol. The number of Topliss-reactive ketones (excluding diaryl/α,β-unsaturated/α-hetero) is 1. The molecule has 1 aromatic rings. The summed E-state index contributed by atoms with van der Waals surface area (Å²) in [7, 11) is 0. The topological polar surface area (TPSA) is 68.5 Å². The number of morpholine rings is 1. The van der Waals surface area contributed by atoms with E-state index in [9.17, 15) is 4.79 Å². The molecule has 1 atom stereocenters. The number of rotatable bonds is 3. The first-order valence-corrected chi connectivity index (χ1v) is 7.01. The van der Waals surface area contributed by atoms with Crippen LogP contribution in [0.4, 0.5) is 5.95 Å². The maximum Gasteiger partial charge on any atom is 0.266 e. The van der Waals surface area contributed by atoms with Gasteiger partial charge in [0, 0.05) is 31.8 Å². The highest BCUT2D eigenvalue weighted by molar-refractivity contribution is 5.81. The van der Waals surface area contributed by atoms with Gasteiger partial charge in [-0.25, -0.2) is 0 Å². The van der Waals surface area contributed by atoms with Crippen molar-refractivity contribution in [2.45, 2.75) is 32.1 Å². The van der Waals surface area contributed by atoms with E-state index in [-0.39, 0.29) is 5.92 Å². The molecule has 2 aliphatic rings. The predicted molar refractivity (Wildman–Crippen MR) is 68.0 cm³/mol. The first kappa shape index (κ1) is 12.6. The van der Waals surface area contributed by atoms with Crippen LogP contribution in [0.15, 0.2) is 4.52 Å². The standard InChI is InChI=1S/C13H19N3O3/c17-11-4-2-1-3-10(11)9-12-14-13(15-19-12)16-5-7-18-8-6-16/h10H,1-9H2. The average Bonchev–Trinajstić information content (AvgIpc) is 2.91. The smallest absolute Gasteiger partial charge is 0.266 e. The molecule has 104 valence electrons. The molecule has 0 spiro atoms. The molecule has 19 heavy (non-hydrogen) atoms. The summed E-state index contributed by atoms with van der Waals surface area (Å²) in [5.41, 5.74) is 0. The van der Waals surface area contributed by atoms with Gasteiger partial charge >= 0.3 is 0 Å². The van der Waals surface area contributed by atoms with Crippen molar-refractivity contribution in [2.24, 2.45) is 5.92 Å². The molecule has 1 aromatic heterocycles. The Morgan fingerprint density at radius 2 is 2.11 bits per heavy atom. The number of carbonyl (C=O) groups is 1. The van der Waals surface area contributed by atoms with Gasteiger partial charge in [0.1, 0.15) is 5.78 Å². The third kappa shape index (κ3) is 2.94. The van der Waals surface area contributed by atoms with Crippen molar-refractivity contribution in [1.29, 1.82) is 0 Å². The molecule has 2 heterocycles. The summed E-state index contributed by atoms with van der Waals surface area (Å²) < 4.78 is 10.6. The van der Waals surface area contributed by atoms with Gasteiger partial charge in [-0.1, -0.05) is 6.42 Å². The predicted octanol–water partition coefficient (Wildman–Crippen LogP) is 1.21. The molecule has 0 aromatic carbocycles. The van der Waals surface area contributed by atoms with Crippen LogP contribution in [0.3, 0.4) is 0 Å². The quantitative estimate of drug-likeness (QED) is 0.818. The van der Waals surface area contributed by atoms with Crippen LogP contribution in [-0.2, 0) is 16.0 Å². The lowest BCUT2D eigenvalue weighted by Gasteiger charge is -2.24. The van der Waals surface area contributed by atoms with Crippen LogP contribution >= 0.6 is 0 Å². The molecule has 0 bridgehead atoms. The Morgan fingerprint density at radius 1 is 1.26 bits per heavy atom. The maximum atomic E-state index is 11.8. The molecule has 1 saturated carbocycles. The van der Waals surface area contributed by atoms with Gasteiger partial charge in [0.2, 0.25) is 5.89 Å². The number of aromatic nitrogens is 2. The normalized spacial score (nSPS) is 24.7. The molecular weight excluding hydrogens is 246 g/mol. The van der Waals surface area contributed by atoms with Crippen molar-refractivity contribution < 1.29 is 14.1 Å². The molecule has 0 N–H and O–H groups in total. The van der Waals surface area contributed by atoms with E-state index in [2.05, 4.69) is 15.0 Å². The number of ether oxygens (including phenoxy) is 1. The highest BCUT2D eigenvalue weighted by Crippen LogP contribution is 2.24. The zero-order chi connectivity index (χ0) is 13.1. The van der Waals surface area contributed by atoms with Crippen molar-refractivity contribution in [3.63, 3.8) is 0 Å². The van der Waals surface area contributed by atoms with Crippen LogP contribution in [0, 0.1) is 5.92 Å². The van der Waals surface area contributed by atoms with Crippen LogP contribution in [-0.4, -0.2) is 42.2 Å². The largest absolute Gasteiger partial charge is 0.378 e. The van der Waals surface area contributed by atoms with E-state index in [0.29, 0.717) is 43.7 Å². The molecule has 1 saturated heterocycles. The zero-order valence-corrected chi connectivity index (χ0v) is 11.0. The fraction of sp³-hybridized carbons (Fsp3) is 0.769. The van der Waals surface area contributed by atoms with E-state index in [1.54, 1.807) is 0 Å². The summed E-state index contributed by atoms with van der Waals surface area (Å²) in [6, 6.07) is 0. The molecule has 1 unspecified atom stereocenters. The number of hydrogen-bond acceptors (Lipinski definition) is 6. The third-order valence-corrected chi connectivity index (χ3v) is 3.85. The van der Waals surface area contributed by atoms with Gasteiger partial charge in [0.05, 0.1) is 13.2 Å². The second-order valence-electron chi connectivity index (χ2n) is 5.20. The number of hydrogen-bond donors (Lipinski definition) is 0. The molecule has 2 fully saturated rings. The fourth-order valence-electron chi connectivity index (χ4n) is 2.70. The van der Waals surface area contributed by atoms with E-state index in [1.807, 2.05) is 0 Å². The summed E-state index contributed by atoms with van der Waals surface area (Å²) >= 11 is 0. The van der Waals surface area contributed by atoms with Gasteiger partial charge in [0.15, 0.2) is 0 Å². The van der Waals surface area contributed by atoms with Crippen molar-refractivity contribution in [3.05, 3.63) is 5.89 Å². The van der Waals surface area contributed by atoms with Crippen molar-refractivity contribution in [1.82, 2.24) is 10.1 Å². The minimum Gasteiger partial charge on any atom is -0.378 e. The lowest BCUT2D eigenvalue weighted by atomic mass is 9.86. The minimum absolute atomic E-state index is 0.0757. The lowest BCUT2D eigenvalue weighted by molar-refractivity contribution is -0.124. The van der Waals surface area contributed by atoms with Crippen LogP contribution in [0.5, 0.6) is 0 Å². The molecular formula is C13H19N3O3. The SMILES string of the molecule is O=C1CCCCC1Cc1nc(N2CCOCC2)no1. The van der Waals surface area contributed by atoms with Crippen LogP contribution in [0.25, 0.3) is 0 Å². The fourth-order valence-corrected chi connectivity index (χ4v) is 2.70. The Balaban J connectivity index is 1.62. The first-order valence-electron chi connectivity index (χ1n) is 7.01. The molecule has 1 aliphatic heterocycles. The van der Waals surface area contributed by atoms with Gasteiger partial charge < -0.3 is 14.2 Å². The van der Waals surface area contributed by atoms with Crippen molar-refractivity contribution >= 4 is 11.7 Å². The Morgan fingerprint density at radius 3 is 2.89 bits per heavy atom. The zero-order valence-electron chi connectivity index (χ0n) is 11.0. The summed E-state index contributed by atoms with van der Waals surface area (Å²) in [6.45, 7) is 2.98. The highest BCUT2D eigenvalue weighted by Gasteiger charge is 2.25. The van der Waals surface area contributed by atoms with Gasteiger partial charge in [-0.15, -0.1) is 0 Å². The van der Waals surface area contributed by atoms with Gasteiger partial charge in [-0.05, 0) is 18.0 Å². The Bertz CT molecular complexity index is 440. The second kappa shape index (κ2) is 5.69. The first-order chi connectivity index (χ1) is 9.33. The highest BCUT2D eigenvalue weighted by atomic mass is 16.5. The molecule has 6 heteroatoms. The van der Waals surface area contributed by atoms with E-state index in [4.69, 9.17) is 9.26 Å². The van der Waals surface area contributed by atoms with E-state index in [0.717, 1.165) is 32.4 Å². The summed E-state index contributed by atoms with van der Waals surface area (Å²) in [5, 5.41) is 4.00. The van der Waals surface area contributed by atoms with Gasteiger partial charge in [-0.2, -0.15) is 4.98 Å². The Hall–Kier alpha value is -1.43. The van der Waals surface area contributed by atoms with Crippen LogP contribution in [0.2, 0.25) is 0 Å². The molecule has 0 radical (unpaired) electrons. The summed E-state index contributed by atoms with van der Waals surface area (Å²) in [6.07, 6.45) is 4.40. The van der Waals surface area contributed by atoms with Crippen molar-refractivity contribution in [3.8, 4) is 0 Å². The molecule has 0 amide bonds. The van der Waals surface area contributed by atoms with E-state index >= 15 is 0 Å². The lowest BCUT2D eigenvalue weighted by Crippen LogP contribution is -2.36. The molecule has 3 rings (SSSR count). The monoisotopic (exact) mass is 265 g/mol. The minimum atomic E-state index is 0.0757. The number of anilines is 1.